The third-order valence-corrected chi connectivity index (χ3v) is 4.80. The lowest BCUT2D eigenvalue weighted by atomic mass is 9.97. The van der Waals surface area contributed by atoms with Crippen molar-refractivity contribution >= 4 is 34.0 Å². The second-order valence-corrected chi connectivity index (χ2v) is 6.55. The fourth-order valence-electron chi connectivity index (χ4n) is 3.57. The Bertz CT molecular complexity index is 1110. The van der Waals surface area contributed by atoms with Crippen LogP contribution in [-0.2, 0) is 4.79 Å². The Morgan fingerprint density at radius 2 is 1.81 bits per heavy atom. The zero-order chi connectivity index (χ0) is 18.3. The van der Waals surface area contributed by atoms with E-state index in [-0.39, 0.29) is 12.2 Å². The highest BCUT2D eigenvalue weighted by Gasteiger charge is 2.21. The summed E-state index contributed by atoms with van der Waals surface area (Å²) in [6.07, 6.45) is 3.78. The van der Waals surface area contributed by atoms with E-state index in [4.69, 9.17) is 5.11 Å². The lowest BCUT2D eigenvalue weighted by molar-refractivity contribution is -0.135. The van der Waals surface area contributed by atoms with E-state index < -0.39 is 5.97 Å². The van der Waals surface area contributed by atoms with Gasteiger partial charge in [0.1, 0.15) is 5.82 Å². The molecule has 1 aliphatic rings. The van der Waals surface area contributed by atoms with Crippen LogP contribution < -0.4 is 0 Å². The summed E-state index contributed by atoms with van der Waals surface area (Å²) in [6.45, 7) is 2.08. The summed E-state index contributed by atoms with van der Waals surface area (Å²) in [6, 6.07) is 16.9. The van der Waals surface area contributed by atoms with Crippen molar-refractivity contribution in [3.8, 4) is 0 Å². The molecule has 0 saturated heterocycles. The summed E-state index contributed by atoms with van der Waals surface area (Å²) in [5.74, 6) is -1.28. The highest BCUT2D eigenvalue weighted by Crippen LogP contribution is 2.39. The Morgan fingerprint density at radius 1 is 1.04 bits per heavy atom. The van der Waals surface area contributed by atoms with Crippen LogP contribution in [0.15, 0.2) is 60.7 Å². The predicted molar refractivity (Wildman–Crippen MR) is 103 cm³/mol. The number of aryl methyl sites for hydroxylation is 1. The SMILES string of the molecule is Cc1ccc(/C=C2\C=C(CC(=O)O)c3cc(F)ccc32)c2ccccc12. The third-order valence-electron chi connectivity index (χ3n) is 4.80. The molecule has 1 N–H and O–H groups in total. The van der Waals surface area contributed by atoms with Crippen LogP contribution >= 0.6 is 0 Å². The molecule has 2 nitrogen and oxygen atoms in total. The van der Waals surface area contributed by atoms with Crippen molar-refractivity contribution in [2.75, 3.05) is 0 Å². The molecule has 0 saturated carbocycles. The first-order valence-electron chi connectivity index (χ1n) is 8.45. The molecule has 0 aliphatic heterocycles. The van der Waals surface area contributed by atoms with Gasteiger partial charge in [0.05, 0.1) is 6.42 Å². The van der Waals surface area contributed by atoms with Gasteiger partial charge in [0.25, 0.3) is 0 Å². The Balaban J connectivity index is 1.90. The van der Waals surface area contributed by atoms with Crippen molar-refractivity contribution in [2.45, 2.75) is 13.3 Å². The number of halogens is 1. The summed E-state index contributed by atoms with van der Waals surface area (Å²) >= 11 is 0. The molecule has 4 rings (SSSR count). The van der Waals surface area contributed by atoms with Gasteiger partial charge < -0.3 is 5.11 Å². The topological polar surface area (TPSA) is 37.3 Å². The Hall–Kier alpha value is -3.20. The Labute approximate surface area is 150 Å². The second kappa shape index (κ2) is 6.26. The molecule has 0 heterocycles. The standard InChI is InChI=1S/C23H17FO2/c1-14-6-7-15(20-5-3-2-4-19(14)20)10-16-11-17(12-23(25)26)22-13-18(24)8-9-21(16)22/h2-11,13H,12H2,1H3,(H,25,26)/b16-10+. The number of benzene rings is 3. The average molecular weight is 344 g/mol. The molecule has 0 amide bonds. The minimum Gasteiger partial charge on any atom is -0.481 e. The van der Waals surface area contributed by atoms with E-state index in [1.54, 1.807) is 6.07 Å². The number of allylic oxidation sites excluding steroid dienone is 2. The number of aliphatic carboxylic acids is 1. The van der Waals surface area contributed by atoms with E-state index in [0.717, 1.165) is 22.1 Å². The van der Waals surface area contributed by atoms with Crippen LogP contribution in [0, 0.1) is 12.7 Å². The Morgan fingerprint density at radius 3 is 2.58 bits per heavy atom. The lowest BCUT2D eigenvalue weighted by Gasteiger charge is -2.07. The zero-order valence-electron chi connectivity index (χ0n) is 14.3. The van der Waals surface area contributed by atoms with Gasteiger partial charge in [-0.15, -0.1) is 0 Å². The minimum atomic E-state index is -0.923. The summed E-state index contributed by atoms with van der Waals surface area (Å²) < 4.78 is 13.7. The summed E-state index contributed by atoms with van der Waals surface area (Å²) in [7, 11) is 0. The van der Waals surface area contributed by atoms with Gasteiger partial charge in [-0.1, -0.05) is 42.5 Å². The number of carbonyl (C=O) groups is 1. The van der Waals surface area contributed by atoms with E-state index in [1.165, 1.54) is 23.1 Å². The number of carboxylic acids is 1. The summed E-state index contributed by atoms with van der Waals surface area (Å²) in [5.41, 5.74) is 5.34. The van der Waals surface area contributed by atoms with Crippen LogP contribution in [-0.4, -0.2) is 11.1 Å². The summed E-state index contributed by atoms with van der Waals surface area (Å²) in [4.78, 5) is 11.2. The average Bonchev–Trinajstić information content (AvgIpc) is 2.94. The number of carboxylic acid groups (broad SMARTS) is 1. The van der Waals surface area contributed by atoms with Gasteiger partial charge in [0.2, 0.25) is 0 Å². The third kappa shape index (κ3) is 2.82. The molecular weight excluding hydrogens is 327 g/mol. The molecule has 0 atom stereocenters. The normalized spacial score (nSPS) is 14.5. The van der Waals surface area contributed by atoms with E-state index in [9.17, 15) is 9.18 Å². The predicted octanol–water partition coefficient (Wildman–Crippen LogP) is 5.70. The quantitative estimate of drug-likeness (QED) is 0.662. The molecule has 3 aromatic carbocycles. The molecular formula is C23H17FO2. The van der Waals surface area contributed by atoms with E-state index >= 15 is 0 Å². The van der Waals surface area contributed by atoms with Gasteiger partial charge in [0.15, 0.2) is 0 Å². The van der Waals surface area contributed by atoms with Gasteiger partial charge in [-0.25, -0.2) is 4.39 Å². The summed E-state index contributed by atoms with van der Waals surface area (Å²) in [5, 5.41) is 11.5. The molecule has 0 bridgehead atoms. The fourth-order valence-corrected chi connectivity index (χ4v) is 3.57. The molecule has 0 spiro atoms. The number of hydrogen-bond acceptors (Lipinski definition) is 1. The van der Waals surface area contributed by atoms with Crippen LogP contribution in [0.2, 0.25) is 0 Å². The first-order chi connectivity index (χ1) is 12.5. The number of fused-ring (bicyclic) bond motifs is 2. The molecule has 0 unspecified atom stereocenters. The number of rotatable bonds is 3. The van der Waals surface area contributed by atoms with Gasteiger partial charge in [-0.2, -0.15) is 0 Å². The molecule has 0 fully saturated rings. The lowest BCUT2D eigenvalue weighted by Crippen LogP contribution is -1.96. The van der Waals surface area contributed by atoms with Gasteiger partial charge in [0, 0.05) is 0 Å². The van der Waals surface area contributed by atoms with Crippen molar-refractivity contribution in [3.63, 3.8) is 0 Å². The van der Waals surface area contributed by atoms with E-state index in [1.807, 2.05) is 24.3 Å². The van der Waals surface area contributed by atoms with Crippen LogP contribution in [0.3, 0.4) is 0 Å². The van der Waals surface area contributed by atoms with E-state index in [0.29, 0.717) is 11.1 Å². The van der Waals surface area contributed by atoms with Crippen molar-refractivity contribution in [3.05, 3.63) is 88.7 Å². The van der Waals surface area contributed by atoms with Crippen molar-refractivity contribution in [1.29, 1.82) is 0 Å². The largest absolute Gasteiger partial charge is 0.481 e. The van der Waals surface area contributed by atoms with Crippen LogP contribution in [0.5, 0.6) is 0 Å². The maximum atomic E-state index is 13.7. The maximum Gasteiger partial charge on any atom is 0.307 e. The van der Waals surface area contributed by atoms with Gasteiger partial charge in [-0.05, 0) is 75.4 Å². The van der Waals surface area contributed by atoms with Crippen molar-refractivity contribution in [2.24, 2.45) is 0 Å². The maximum absolute atomic E-state index is 13.7. The molecule has 128 valence electrons. The smallest absolute Gasteiger partial charge is 0.307 e. The molecule has 3 aromatic rings. The monoisotopic (exact) mass is 344 g/mol. The van der Waals surface area contributed by atoms with Crippen LogP contribution in [0.25, 0.3) is 28.0 Å². The fraction of sp³-hybridized carbons (Fsp3) is 0.0870. The van der Waals surface area contributed by atoms with Crippen LogP contribution in [0.4, 0.5) is 4.39 Å². The first-order valence-corrected chi connectivity index (χ1v) is 8.45. The molecule has 3 heteroatoms. The highest BCUT2D eigenvalue weighted by atomic mass is 19.1. The van der Waals surface area contributed by atoms with Crippen LogP contribution in [0.1, 0.15) is 28.7 Å². The van der Waals surface area contributed by atoms with Gasteiger partial charge >= 0.3 is 5.97 Å². The molecule has 0 radical (unpaired) electrons. The molecule has 1 aliphatic carbocycles. The Kier molecular flexibility index (Phi) is 3.92. The van der Waals surface area contributed by atoms with Crippen molar-refractivity contribution in [1.82, 2.24) is 0 Å². The van der Waals surface area contributed by atoms with Crippen molar-refractivity contribution < 1.29 is 14.3 Å². The number of hydrogen-bond donors (Lipinski definition) is 1. The molecule has 0 aromatic heterocycles. The molecule has 26 heavy (non-hydrogen) atoms. The zero-order valence-corrected chi connectivity index (χ0v) is 14.3. The highest BCUT2D eigenvalue weighted by molar-refractivity contribution is 6.06. The minimum absolute atomic E-state index is 0.123. The first kappa shape index (κ1) is 16.3. The van der Waals surface area contributed by atoms with Gasteiger partial charge in [-0.3, -0.25) is 4.79 Å². The van der Waals surface area contributed by atoms with E-state index in [2.05, 4.69) is 31.2 Å². The second-order valence-electron chi connectivity index (χ2n) is 6.55.